The van der Waals surface area contributed by atoms with E-state index in [1.54, 1.807) is 20.3 Å². The number of rotatable bonds is 7. The van der Waals surface area contributed by atoms with Gasteiger partial charge in [0, 0.05) is 70.5 Å². The van der Waals surface area contributed by atoms with E-state index in [2.05, 4.69) is 9.97 Å². The summed E-state index contributed by atoms with van der Waals surface area (Å²) in [4.78, 5) is 18.6. The Morgan fingerprint density at radius 1 is 0.973 bits per heavy atom. The highest BCUT2D eigenvalue weighted by Crippen LogP contribution is 2.35. The molecule has 3 aliphatic heterocycles. The Labute approximate surface area is 240 Å². The van der Waals surface area contributed by atoms with Gasteiger partial charge in [-0.3, -0.25) is 4.79 Å². The minimum atomic E-state index is -0.552. The van der Waals surface area contributed by atoms with Gasteiger partial charge in [-0.15, -0.1) is 0 Å². The van der Waals surface area contributed by atoms with Crippen LogP contribution in [0.4, 0.5) is 0 Å². The van der Waals surface area contributed by atoms with Crippen LogP contribution in [0, 0.1) is 5.92 Å². The summed E-state index contributed by atoms with van der Waals surface area (Å²) in [6.07, 6.45) is 1.49. The zero-order valence-corrected chi connectivity index (χ0v) is 24.3. The van der Waals surface area contributed by atoms with Crippen LogP contribution < -0.4 is 10.2 Å². The van der Waals surface area contributed by atoms with Crippen LogP contribution in [0.3, 0.4) is 0 Å². The number of hydrogen-bond donors (Lipinski definition) is 1. The third kappa shape index (κ3) is 7.77. The standard InChI is InChI=1S/C14H18ClNO4.C10H12ClNO3.2H2S/c1-17-14(2-3-18-9-14)12-4-11(5-13(15)16-12)20-8-10-6-19-7-10;1-14-10(2-3-15-6-10)8-4-7(13)5-9(11)12-8;;/h4-5,10H,2-3,6-9H2,1H3;4-5H,2-3,6H2,1H3,(H,12,13);2*1H2/t14-;10-;;/m00../s1. The molecule has 0 radical (unpaired) electrons. The molecule has 0 spiro atoms. The zero-order chi connectivity index (χ0) is 24.9. The van der Waals surface area contributed by atoms with Crippen LogP contribution in [0.1, 0.15) is 24.2 Å². The predicted octanol–water partition coefficient (Wildman–Crippen LogP) is 3.54. The molecule has 0 saturated carbocycles. The highest BCUT2D eigenvalue weighted by Gasteiger charge is 2.39. The third-order valence-corrected chi connectivity index (χ3v) is 6.88. The zero-order valence-electron chi connectivity index (χ0n) is 20.8. The van der Waals surface area contributed by atoms with E-state index in [0.717, 1.165) is 37.5 Å². The first kappa shape index (κ1) is 32.2. The summed E-state index contributed by atoms with van der Waals surface area (Å²) in [5.41, 5.74) is 0.258. The van der Waals surface area contributed by atoms with Crippen LogP contribution in [-0.2, 0) is 34.9 Å². The van der Waals surface area contributed by atoms with Crippen LogP contribution in [0.25, 0.3) is 0 Å². The normalized spacial score (nSPS) is 24.8. The predicted molar refractivity (Wildman–Crippen MR) is 150 cm³/mol. The molecule has 13 heteroatoms. The average molecular weight is 598 g/mol. The first-order valence-corrected chi connectivity index (χ1v) is 12.2. The average Bonchev–Trinajstić information content (AvgIpc) is 3.49. The number of hydrogen-bond acceptors (Lipinski definition) is 8. The van der Waals surface area contributed by atoms with Gasteiger partial charge in [0.1, 0.15) is 27.3 Å². The van der Waals surface area contributed by atoms with Crippen molar-refractivity contribution in [3.63, 3.8) is 0 Å². The van der Waals surface area contributed by atoms with E-state index in [1.807, 2.05) is 6.07 Å². The van der Waals surface area contributed by atoms with Gasteiger partial charge in [0.15, 0.2) is 5.43 Å². The summed E-state index contributed by atoms with van der Waals surface area (Å²) >= 11 is 11.9. The van der Waals surface area contributed by atoms with Gasteiger partial charge in [0.25, 0.3) is 0 Å². The van der Waals surface area contributed by atoms with Crippen LogP contribution in [-0.4, -0.2) is 70.4 Å². The summed E-state index contributed by atoms with van der Waals surface area (Å²) in [6, 6.07) is 6.46. The molecule has 3 fully saturated rings. The van der Waals surface area contributed by atoms with Crippen molar-refractivity contribution in [1.29, 1.82) is 0 Å². The van der Waals surface area contributed by atoms with Gasteiger partial charge in [0.05, 0.1) is 44.4 Å². The summed E-state index contributed by atoms with van der Waals surface area (Å²) in [5, 5.41) is 0.728. The van der Waals surface area contributed by atoms with Crippen molar-refractivity contribution in [3.05, 3.63) is 56.2 Å². The lowest BCUT2D eigenvalue weighted by molar-refractivity contribution is -0.0510. The molecule has 0 aromatic carbocycles. The number of ether oxygens (including phenoxy) is 6. The molecule has 3 saturated heterocycles. The second-order valence-electron chi connectivity index (χ2n) is 8.80. The van der Waals surface area contributed by atoms with Gasteiger partial charge in [-0.05, 0) is 0 Å². The molecule has 2 aromatic heterocycles. The van der Waals surface area contributed by atoms with E-state index < -0.39 is 11.2 Å². The Morgan fingerprint density at radius 3 is 2.14 bits per heavy atom. The molecule has 0 unspecified atom stereocenters. The van der Waals surface area contributed by atoms with Crippen LogP contribution in [0.15, 0.2) is 29.1 Å². The van der Waals surface area contributed by atoms with Crippen LogP contribution >= 0.6 is 50.2 Å². The monoisotopic (exact) mass is 596 g/mol. The van der Waals surface area contributed by atoms with Crippen molar-refractivity contribution in [1.82, 2.24) is 9.97 Å². The summed E-state index contributed by atoms with van der Waals surface area (Å²) in [7, 11) is 3.28. The lowest BCUT2D eigenvalue weighted by Crippen LogP contribution is -2.33. The fraction of sp³-hybridized carbons (Fsp3) is 0.583. The number of methoxy groups -OCH3 is 2. The van der Waals surface area contributed by atoms with Gasteiger partial charge in [-0.1, -0.05) is 23.2 Å². The first-order chi connectivity index (χ1) is 16.9. The molecule has 208 valence electrons. The number of halogens is 2. The number of aromatic nitrogens is 2. The second-order valence-corrected chi connectivity index (χ2v) is 9.60. The number of pyridine rings is 2. The minimum absolute atomic E-state index is 0. The smallest absolute Gasteiger partial charge is 0.183 e. The van der Waals surface area contributed by atoms with Crippen molar-refractivity contribution in [2.24, 2.45) is 5.92 Å². The first-order valence-electron chi connectivity index (χ1n) is 11.4. The molecule has 2 atom stereocenters. The molecule has 2 aromatic rings. The maximum Gasteiger partial charge on any atom is 0.183 e. The molecule has 5 rings (SSSR count). The molecule has 0 aliphatic carbocycles. The van der Waals surface area contributed by atoms with E-state index >= 15 is 0 Å². The molecule has 0 bridgehead atoms. The van der Waals surface area contributed by atoms with Gasteiger partial charge >= 0.3 is 0 Å². The summed E-state index contributed by atoms with van der Waals surface area (Å²) in [6.45, 7) is 4.39. The Hall–Kier alpha value is -1.02. The van der Waals surface area contributed by atoms with E-state index in [-0.39, 0.29) is 32.4 Å². The molecular formula is C24H34Cl2N2O7S2. The Morgan fingerprint density at radius 2 is 1.62 bits per heavy atom. The van der Waals surface area contributed by atoms with Crippen LogP contribution in [0.5, 0.6) is 5.75 Å². The van der Waals surface area contributed by atoms with Crippen molar-refractivity contribution < 1.29 is 28.4 Å². The highest BCUT2D eigenvalue weighted by atomic mass is 35.5. The number of nitrogens with one attached hydrogen (secondary N) is 1. The number of nitrogens with zero attached hydrogens (tertiary/aromatic N) is 1. The fourth-order valence-corrected chi connectivity index (χ4v) is 4.59. The van der Waals surface area contributed by atoms with Crippen molar-refractivity contribution in [2.45, 2.75) is 24.0 Å². The SMILES string of the molecule is CO[C@@]1(c2cc(=O)cc(Cl)[nH]2)CCOC1.CO[C@@]1(c2cc(OCC3COC3)cc(Cl)n2)CCOC1.S.S. The molecule has 1 N–H and O–H groups in total. The third-order valence-electron chi connectivity index (χ3n) is 6.48. The van der Waals surface area contributed by atoms with Crippen LogP contribution in [0.2, 0.25) is 10.3 Å². The van der Waals surface area contributed by atoms with E-state index in [0.29, 0.717) is 55.0 Å². The molecule has 3 aliphatic rings. The Bertz CT molecular complexity index is 1060. The summed E-state index contributed by atoms with van der Waals surface area (Å²) < 4.78 is 32.7. The van der Waals surface area contributed by atoms with Crippen molar-refractivity contribution in [3.8, 4) is 5.75 Å². The van der Waals surface area contributed by atoms with Crippen molar-refractivity contribution in [2.75, 3.05) is 60.5 Å². The quantitative estimate of drug-likeness (QED) is 0.484. The van der Waals surface area contributed by atoms with Gasteiger partial charge < -0.3 is 33.4 Å². The minimum Gasteiger partial charge on any atom is -0.493 e. The lowest BCUT2D eigenvalue weighted by Gasteiger charge is -2.27. The molecular weight excluding hydrogens is 563 g/mol. The highest BCUT2D eigenvalue weighted by molar-refractivity contribution is 7.59. The molecule has 5 heterocycles. The molecule has 9 nitrogen and oxygen atoms in total. The second kappa shape index (κ2) is 14.4. The van der Waals surface area contributed by atoms with Crippen molar-refractivity contribution >= 4 is 50.2 Å². The van der Waals surface area contributed by atoms with E-state index in [9.17, 15) is 4.79 Å². The lowest BCUT2D eigenvalue weighted by atomic mass is 9.98. The van der Waals surface area contributed by atoms with E-state index in [1.165, 1.54) is 12.1 Å². The van der Waals surface area contributed by atoms with Gasteiger partial charge in [-0.2, -0.15) is 27.0 Å². The number of aromatic amines is 1. The largest absolute Gasteiger partial charge is 0.493 e. The number of H-pyrrole nitrogens is 1. The fourth-order valence-electron chi connectivity index (χ4n) is 4.18. The molecule has 37 heavy (non-hydrogen) atoms. The van der Waals surface area contributed by atoms with E-state index in [4.69, 9.17) is 51.6 Å². The Balaban J connectivity index is 0.000000256. The van der Waals surface area contributed by atoms with Gasteiger partial charge in [0.2, 0.25) is 0 Å². The molecule has 0 amide bonds. The maximum absolute atomic E-state index is 11.3. The maximum atomic E-state index is 11.3. The topological polar surface area (TPSA) is 101 Å². The summed E-state index contributed by atoms with van der Waals surface area (Å²) in [5.74, 6) is 1.19. The Kier molecular flexibility index (Phi) is 12.5. The van der Waals surface area contributed by atoms with Gasteiger partial charge in [-0.25, -0.2) is 4.98 Å².